The van der Waals surface area contributed by atoms with Crippen LogP contribution in [0.2, 0.25) is 0 Å². The number of anilines is 2. The number of amides is 2. The van der Waals surface area contributed by atoms with Gasteiger partial charge in [0.2, 0.25) is 0 Å². The van der Waals surface area contributed by atoms with Gasteiger partial charge in [-0.05, 0) is 24.6 Å². The lowest BCUT2D eigenvalue weighted by Gasteiger charge is -2.05. The molecule has 18 heavy (non-hydrogen) atoms. The van der Waals surface area contributed by atoms with Crippen LogP contribution in [0.1, 0.15) is 5.56 Å². The van der Waals surface area contributed by atoms with Crippen molar-refractivity contribution in [1.29, 1.82) is 0 Å². The van der Waals surface area contributed by atoms with E-state index in [1.807, 2.05) is 13.0 Å². The Balaban J connectivity index is 1.98. The lowest BCUT2D eigenvalue weighted by molar-refractivity contribution is 0.262. The highest BCUT2D eigenvalue weighted by Crippen LogP contribution is 2.04. The van der Waals surface area contributed by atoms with Crippen LogP contribution in [-0.2, 0) is 0 Å². The molecule has 0 aliphatic carbocycles. The van der Waals surface area contributed by atoms with E-state index in [2.05, 4.69) is 25.8 Å². The number of hydrogen-bond acceptors (Lipinski definition) is 4. The molecule has 3 N–H and O–H groups in total. The first-order chi connectivity index (χ1) is 8.63. The van der Waals surface area contributed by atoms with E-state index >= 15 is 0 Å². The molecule has 2 amide bonds. The summed E-state index contributed by atoms with van der Waals surface area (Å²) in [6, 6.07) is 5.72. The lowest BCUT2D eigenvalue weighted by Crippen LogP contribution is -2.21. The summed E-state index contributed by atoms with van der Waals surface area (Å²) in [7, 11) is 0. The highest BCUT2D eigenvalue weighted by atomic mass is 16.2. The summed E-state index contributed by atoms with van der Waals surface area (Å²) in [5, 5.41) is 10.9. The fourth-order valence-corrected chi connectivity index (χ4v) is 1.22. The van der Waals surface area contributed by atoms with Crippen LogP contribution in [0.15, 0.2) is 35.3 Å². The molecule has 92 valence electrons. The Morgan fingerprint density at radius 3 is 2.50 bits per heavy atom. The third-order valence-corrected chi connectivity index (χ3v) is 2.07. The van der Waals surface area contributed by atoms with Crippen LogP contribution in [0, 0.1) is 6.92 Å². The number of pyridine rings is 1. The van der Waals surface area contributed by atoms with E-state index in [0.717, 1.165) is 5.56 Å². The quantitative estimate of drug-likeness (QED) is 0.738. The van der Waals surface area contributed by atoms with Crippen molar-refractivity contribution in [3.05, 3.63) is 46.4 Å². The topological polar surface area (TPSA) is 99.8 Å². The molecule has 2 aromatic rings. The van der Waals surface area contributed by atoms with Crippen LogP contribution in [0.5, 0.6) is 0 Å². The second kappa shape index (κ2) is 5.09. The van der Waals surface area contributed by atoms with Gasteiger partial charge in [0.05, 0.1) is 0 Å². The minimum atomic E-state index is -0.481. The van der Waals surface area contributed by atoms with Crippen molar-refractivity contribution in [3.63, 3.8) is 0 Å². The molecule has 0 radical (unpaired) electrons. The predicted octanol–water partition coefficient (Wildman–Crippen LogP) is 1.12. The Labute approximate surface area is 102 Å². The molecule has 0 saturated heterocycles. The van der Waals surface area contributed by atoms with Gasteiger partial charge < -0.3 is 0 Å². The van der Waals surface area contributed by atoms with Gasteiger partial charge in [0.1, 0.15) is 5.82 Å². The van der Waals surface area contributed by atoms with E-state index in [1.54, 1.807) is 12.3 Å². The molecular weight excluding hydrogens is 234 g/mol. The molecule has 0 unspecified atom stereocenters. The van der Waals surface area contributed by atoms with Gasteiger partial charge in [-0.15, -0.1) is 0 Å². The monoisotopic (exact) mass is 245 g/mol. The fraction of sp³-hybridized carbons (Fsp3) is 0.0909. The standard InChI is InChI=1S/C11H11N5O2/c1-7-2-3-8(12-6-7)13-11(18)14-9-4-5-10(17)16-15-9/h2-6H,1H3,(H,16,17)(H2,12,13,14,15,18). The number of carbonyl (C=O) groups is 1. The van der Waals surface area contributed by atoms with Crippen LogP contribution in [0.3, 0.4) is 0 Å². The molecule has 2 rings (SSSR count). The Morgan fingerprint density at radius 1 is 1.17 bits per heavy atom. The number of nitrogens with zero attached hydrogens (tertiary/aromatic N) is 2. The molecule has 0 atom stereocenters. The van der Waals surface area contributed by atoms with Crippen LogP contribution in [0.4, 0.5) is 16.4 Å². The summed E-state index contributed by atoms with van der Waals surface area (Å²) in [4.78, 5) is 26.4. The highest BCUT2D eigenvalue weighted by molar-refractivity contribution is 5.98. The normalized spacial score (nSPS) is 9.83. The van der Waals surface area contributed by atoms with Crippen molar-refractivity contribution in [2.24, 2.45) is 0 Å². The maximum absolute atomic E-state index is 11.6. The molecule has 0 aliphatic heterocycles. The lowest BCUT2D eigenvalue weighted by atomic mass is 10.3. The van der Waals surface area contributed by atoms with Crippen molar-refractivity contribution in [1.82, 2.24) is 15.2 Å². The maximum Gasteiger partial charge on any atom is 0.326 e. The number of hydrogen-bond donors (Lipinski definition) is 3. The smallest absolute Gasteiger partial charge is 0.292 e. The molecule has 0 spiro atoms. The minimum absolute atomic E-state index is 0.249. The number of nitrogens with one attached hydrogen (secondary N) is 3. The van der Waals surface area contributed by atoms with Crippen molar-refractivity contribution >= 4 is 17.7 Å². The number of H-pyrrole nitrogens is 1. The second-order valence-electron chi connectivity index (χ2n) is 3.61. The second-order valence-corrected chi connectivity index (χ2v) is 3.61. The van der Waals surface area contributed by atoms with Gasteiger partial charge in [-0.2, -0.15) is 5.10 Å². The van der Waals surface area contributed by atoms with Gasteiger partial charge in [0.15, 0.2) is 5.82 Å². The van der Waals surface area contributed by atoms with E-state index in [9.17, 15) is 9.59 Å². The predicted molar refractivity (Wildman–Crippen MR) is 66.5 cm³/mol. The summed E-state index contributed by atoms with van der Waals surface area (Å²) in [6.45, 7) is 1.90. The molecule has 0 fully saturated rings. The first kappa shape index (κ1) is 11.8. The molecule has 0 aliphatic rings. The average molecular weight is 245 g/mol. The van der Waals surface area contributed by atoms with E-state index in [1.165, 1.54) is 12.1 Å². The highest BCUT2D eigenvalue weighted by Gasteiger charge is 2.03. The number of aromatic nitrogens is 3. The van der Waals surface area contributed by atoms with Crippen LogP contribution in [0.25, 0.3) is 0 Å². The summed E-state index contributed by atoms with van der Waals surface area (Å²) in [5.41, 5.74) is 0.671. The minimum Gasteiger partial charge on any atom is -0.292 e. The van der Waals surface area contributed by atoms with E-state index in [4.69, 9.17) is 0 Å². The molecule has 2 heterocycles. The maximum atomic E-state index is 11.6. The Hall–Kier alpha value is -2.70. The summed E-state index contributed by atoms with van der Waals surface area (Å²) >= 11 is 0. The van der Waals surface area contributed by atoms with Gasteiger partial charge in [-0.1, -0.05) is 6.07 Å². The zero-order valence-electron chi connectivity index (χ0n) is 9.60. The summed E-state index contributed by atoms with van der Waals surface area (Å²) in [6.07, 6.45) is 1.65. The van der Waals surface area contributed by atoms with E-state index in [0.29, 0.717) is 5.82 Å². The van der Waals surface area contributed by atoms with Crippen molar-refractivity contribution in [2.45, 2.75) is 6.92 Å². The van der Waals surface area contributed by atoms with E-state index < -0.39 is 6.03 Å². The van der Waals surface area contributed by atoms with E-state index in [-0.39, 0.29) is 11.4 Å². The third kappa shape index (κ3) is 3.14. The molecule has 0 saturated carbocycles. The van der Waals surface area contributed by atoms with Crippen molar-refractivity contribution < 1.29 is 4.79 Å². The first-order valence-corrected chi connectivity index (χ1v) is 5.20. The van der Waals surface area contributed by atoms with Gasteiger partial charge in [0, 0.05) is 12.3 Å². The third-order valence-electron chi connectivity index (χ3n) is 2.07. The van der Waals surface area contributed by atoms with Gasteiger partial charge >= 0.3 is 6.03 Å². The SMILES string of the molecule is Cc1ccc(NC(=O)Nc2ccc(=O)[nH]n2)nc1. The summed E-state index contributed by atoms with van der Waals surface area (Å²) in [5.74, 6) is 0.682. The molecule has 0 aromatic carbocycles. The largest absolute Gasteiger partial charge is 0.326 e. The Kier molecular flexibility index (Phi) is 3.33. The number of carbonyl (C=O) groups excluding carboxylic acids is 1. The van der Waals surface area contributed by atoms with Gasteiger partial charge in [0.25, 0.3) is 5.56 Å². The molecule has 0 bridgehead atoms. The number of rotatable bonds is 2. The fourth-order valence-electron chi connectivity index (χ4n) is 1.22. The number of aromatic amines is 1. The van der Waals surface area contributed by atoms with Crippen LogP contribution < -0.4 is 16.2 Å². The summed E-state index contributed by atoms with van der Waals surface area (Å²) < 4.78 is 0. The van der Waals surface area contributed by atoms with Gasteiger partial charge in [-0.3, -0.25) is 15.4 Å². The average Bonchev–Trinajstić information content (AvgIpc) is 2.35. The Morgan fingerprint density at radius 2 is 1.89 bits per heavy atom. The van der Waals surface area contributed by atoms with Crippen LogP contribution in [-0.4, -0.2) is 21.2 Å². The van der Waals surface area contributed by atoms with Crippen molar-refractivity contribution in [2.75, 3.05) is 10.6 Å². The molecule has 7 nitrogen and oxygen atoms in total. The molecule has 7 heteroatoms. The number of aryl methyl sites for hydroxylation is 1. The first-order valence-electron chi connectivity index (χ1n) is 5.20. The van der Waals surface area contributed by atoms with Crippen molar-refractivity contribution in [3.8, 4) is 0 Å². The zero-order valence-corrected chi connectivity index (χ0v) is 9.60. The van der Waals surface area contributed by atoms with Crippen LogP contribution >= 0.6 is 0 Å². The van der Waals surface area contributed by atoms with Gasteiger partial charge in [-0.25, -0.2) is 14.9 Å². The molecular formula is C11H11N5O2. The zero-order chi connectivity index (χ0) is 13.0. The molecule has 2 aromatic heterocycles. The Bertz CT molecular complexity index is 585. The number of urea groups is 1.